The van der Waals surface area contributed by atoms with Crippen LogP contribution in [0.2, 0.25) is 0 Å². The van der Waals surface area contributed by atoms with E-state index in [9.17, 15) is 18.0 Å². The molecule has 1 N–H and O–H groups in total. The molecule has 2 aliphatic rings. The maximum atomic E-state index is 12.8. The molecule has 2 saturated heterocycles. The van der Waals surface area contributed by atoms with Gasteiger partial charge in [-0.15, -0.1) is 0 Å². The number of carbonyl (C=O) groups excluding carboxylic acids is 1. The molecule has 2 aromatic rings. The minimum absolute atomic E-state index is 0.1000. The van der Waals surface area contributed by atoms with Crippen LogP contribution in [0.3, 0.4) is 0 Å². The quantitative estimate of drug-likeness (QED) is 0.477. The summed E-state index contributed by atoms with van der Waals surface area (Å²) in [7, 11) is 0. The van der Waals surface area contributed by atoms with E-state index in [2.05, 4.69) is 65.1 Å². The predicted octanol–water partition coefficient (Wildman–Crippen LogP) is 5.79. The second kappa shape index (κ2) is 12.6. The van der Waals surface area contributed by atoms with E-state index in [1.807, 2.05) is 4.90 Å². The van der Waals surface area contributed by atoms with Crippen molar-refractivity contribution in [2.24, 2.45) is 0 Å². The second-order valence-corrected chi connectivity index (χ2v) is 11.8. The van der Waals surface area contributed by atoms with Gasteiger partial charge in [-0.2, -0.15) is 13.2 Å². The Morgan fingerprint density at radius 2 is 1.62 bits per heavy atom. The number of aromatic nitrogens is 1. The van der Waals surface area contributed by atoms with Crippen LogP contribution in [0.15, 0.2) is 42.6 Å². The number of pyridine rings is 1. The third-order valence-electron chi connectivity index (χ3n) is 7.84. The van der Waals surface area contributed by atoms with Crippen molar-refractivity contribution < 1.29 is 18.0 Å². The fourth-order valence-electron chi connectivity index (χ4n) is 5.37. The highest BCUT2D eigenvalue weighted by molar-refractivity contribution is 5.76. The lowest BCUT2D eigenvalue weighted by Crippen LogP contribution is -2.42. The van der Waals surface area contributed by atoms with Gasteiger partial charge >= 0.3 is 6.18 Å². The van der Waals surface area contributed by atoms with Crippen LogP contribution in [0.4, 0.5) is 24.7 Å². The molecule has 2 aliphatic heterocycles. The minimum Gasteiger partial charge on any atom is -0.370 e. The van der Waals surface area contributed by atoms with E-state index in [0.29, 0.717) is 25.3 Å². The number of hydrogen-bond donors (Lipinski definition) is 1. The smallest absolute Gasteiger partial charge is 0.370 e. The van der Waals surface area contributed by atoms with E-state index in [4.69, 9.17) is 0 Å². The Balaban J connectivity index is 1.14. The third kappa shape index (κ3) is 8.34. The van der Waals surface area contributed by atoms with Gasteiger partial charge < -0.3 is 20.0 Å². The zero-order valence-corrected chi connectivity index (χ0v) is 23.4. The van der Waals surface area contributed by atoms with E-state index in [1.54, 1.807) is 0 Å². The lowest BCUT2D eigenvalue weighted by molar-refractivity contribution is -0.137. The van der Waals surface area contributed by atoms with Gasteiger partial charge in [0.05, 0.1) is 5.56 Å². The summed E-state index contributed by atoms with van der Waals surface area (Å²) >= 11 is 0. The number of amides is 1. The first-order valence-electron chi connectivity index (χ1n) is 14.1. The number of alkyl halides is 3. The van der Waals surface area contributed by atoms with Gasteiger partial charge in [-0.1, -0.05) is 32.9 Å². The molecular weight excluding hydrogens is 503 g/mol. The van der Waals surface area contributed by atoms with Gasteiger partial charge in [-0.3, -0.25) is 4.79 Å². The number of hydrogen-bond acceptors (Lipinski definition) is 5. The molecule has 4 rings (SSSR count). The number of nitrogens with zero attached hydrogens (tertiary/aromatic N) is 4. The van der Waals surface area contributed by atoms with Gasteiger partial charge in [-0.05, 0) is 74.0 Å². The van der Waals surface area contributed by atoms with Crippen LogP contribution in [0.25, 0.3) is 0 Å². The van der Waals surface area contributed by atoms with Gasteiger partial charge in [0.15, 0.2) is 0 Å². The number of benzene rings is 1. The average molecular weight is 546 g/mol. The number of anilines is 2. The molecule has 0 atom stereocenters. The van der Waals surface area contributed by atoms with E-state index in [0.717, 1.165) is 70.7 Å². The molecule has 214 valence electrons. The molecule has 0 bridgehead atoms. The number of nitrogens with one attached hydrogen (secondary N) is 1. The van der Waals surface area contributed by atoms with Gasteiger partial charge in [0.25, 0.3) is 0 Å². The first-order chi connectivity index (χ1) is 18.5. The second-order valence-electron chi connectivity index (χ2n) is 11.8. The Morgan fingerprint density at radius 1 is 0.923 bits per heavy atom. The highest BCUT2D eigenvalue weighted by Crippen LogP contribution is 2.29. The molecule has 0 radical (unpaired) electrons. The molecule has 0 saturated carbocycles. The molecule has 3 heterocycles. The molecule has 1 aromatic heterocycles. The van der Waals surface area contributed by atoms with Crippen LogP contribution in [0.5, 0.6) is 0 Å². The van der Waals surface area contributed by atoms with Crippen molar-refractivity contribution in [1.82, 2.24) is 14.8 Å². The number of likely N-dealkylation sites (tertiary alicyclic amines) is 1. The first kappa shape index (κ1) is 29.2. The number of piperidine rings is 1. The standard InChI is InChI=1S/C30H42F3N5O/c1-29(2,3)23-7-10-26(11-8-23)37-17-5-16-36(20-21-37)15-4-6-28(39)38-18-13-25(14-19-38)35-27-12-9-24(22-34-27)30(31,32)33/h7-12,22,25H,4-6,13-21H2,1-3H3,(H,34,35). The molecule has 39 heavy (non-hydrogen) atoms. The van der Waals surface area contributed by atoms with E-state index < -0.39 is 11.7 Å². The molecule has 1 aromatic carbocycles. The SMILES string of the molecule is CC(C)(C)c1ccc(N2CCCN(CCCC(=O)N3CCC(Nc4ccc(C(F)(F)F)cn4)CC3)CC2)cc1. The summed E-state index contributed by atoms with van der Waals surface area (Å²) < 4.78 is 38.2. The van der Waals surface area contributed by atoms with Crippen molar-refractivity contribution in [2.45, 2.75) is 70.5 Å². The Bertz CT molecular complexity index is 1060. The maximum Gasteiger partial charge on any atom is 0.417 e. The minimum atomic E-state index is -4.39. The summed E-state index contributed by atoms with van der Waals surface area (Å²) in [5.74, 6) is 0.627. The summed E-state index contributed by atoms with van der Waals surface area (Å²) in [6.07, 6.45) is 0.500. The zero-order valence-electron chi connectivity index (χ0n) is 23.4. The molecule has 0 unspecified atom stereocenters. The Kier molecular flexibility index (Phi) is 9.41. The van der Waals surface area contributed by atoms with E-state index >= 15 is 0 Å². The Morgan fingerprint density at radius 3 is 2.23 bits per heavy atom. The summed E-state index contributed by atoms with van der Waals surface area (Å²) in [6.45, 7) is 13.1. The van der Waals surface area contributed by atoms with Crippen molar-refractivity contribution in [3.05, 3.63) is 53.7 Å². The van der Waals surface area contributed by atoms with Crippen LogP contribution in [0.1, 0.15) is 64.0 Å². The predicted molar refractivity (Wildman–Crippen MR) is 150 cm³/mol. The lowest BCUT2D eigenvalue weighted by atomic mass is 9.87. The average Bonchev–Trinajstić information content (AvgIpc) is 3.14. The van der Waals surface area contributed by atoms with E-state index in [-0.39, 0.29) is 17.4 Å². The van der Waals surface area contributed by atoms with Crippen molar-refractivity contribution >= 4 is 17.4 Å². The molecule has 0 aliphatic carbocycles. The lowest BCUT2D eigenvalue weighted by Gasteiger charge is -2.33. The molecule has 2 fully saturated rings. The molecule has 0 spiro atoms. The van der Waals surface area contributed by atoms with Crippen molar-refractivity contribution in [1.29, 1.82) is 0 Å². The normalized spacial score (nSPS) is 18.2. The van der Waals surface area contributed by atoms with Gasteiger partial charge in [0.2, 0.25) is 5.91 Å². The Hall–Kier alpha value is -2.81. The van der Waals surface area contributed by atoms with Crippen LogP contribution >= 0.6 is 0 Å². The van der Waals surface area contributed by atoms with Gasteiger partial charge in [0.1, 0.15) is 5.82 Å². The topological polar surface area (TPSA) is 51.7 Å². The number of carbonyl (C=O) groups is 1. The summed E-state index contributed by atoms with van der Waals surface area (Å²) in [5.41, 5.74) is 2.04. The fraction of sp³-hybridized carbons (Fsp3) is 0.600. The molecule has 6 nitrogen and oxygen atoms in total. The van der Waals surface area contributed by atoms with E-state index in [1.165, 1.54) is 17.3 Å². The monoisotopic (exact) mass is 545 g/mol. The summed E-state index contributed by atoms with van der Waals surface area (Å²) in [6, 6.07) is 11.5. The van der Waals surface area contributed by atoms with Gasteiger partial charge in [0, 0.05) is 57.1 Å². The molecule has 1 amide bonds. The van der Waals surface area contributed by atoms with Crippen LogP contribution < -0.4 is 10.2 Å². The fourth-order valence-corrected chi connectivity index (χ4v) is 5.37. The van der Waals surface area contributed by atoms with Crippen LogP contribution in [0, 0.1) is 0 Å². The summed E-state index contributed by atoms with van der Waals surface area (Å²) in [4.78, 5) is 23.6. The zero-order chi connectivity index (χ0) is 28.0. The molecule has 9 heteroatoms. The van der Waals surface area contributed by atoms with Crippen LogP contribution in [-0.4, -0.2) is 72.5 Å². The van der Waals surface area contributed by atoms with Crippen molar-refractivity contribution in [3.63, 3.8) is 0 Å². The third-order valence-corrected chi connectivity index (χ3v) is 7.84. The number of halogens is 3. The Labute approximate surface area is 230 Å². The largest absolute Gasteiger partial charge is 0.417 e. The molecular formula is C30H42F3N5O. The maximum absolute atomic E-state index is 12.8. The summed E-state index contributed by atoms with van der Waals surface area (Å²) in [5, 5.41) is 3.21. The van der Waals surface area contributed by atoms with Crippen LogP contribution in [-0.2, 0) is 16.4 Å². The first-order valence-corrected chi connectivity index (χ1v) is 14.1. The highest BCUT2D eigenvalue weighted by atomic mass is 19.4. The number of rotatable bonds is 7. The van der Waals surface area contributed by atoms with Gasteiger partial charge in [-0.25, -0.2) is 4.98 Å². The van der Waals surface area contributed by atoms with Crippen molar-refractivity contribution in [2.75, 3.05) is 56.0 Å². The highest BCUT2D eigenvalue weighted by Gasteiger charge is 2.31. The van der Waals surface area contributed by atoms with Crippen molar-refractivity contribution in [3.8, 4) is 0 Å².